The van der Waals surface area contributed by atoms with Gasteiger partial charge in [0, 0.05) is 37.2 Å². The van der Waals surface area contributed by atoms with Gasteiger partial charge in [-0.2, -0.15) is 0 Å². The highest BCUT2D eigenvalue weighted by Crippen LogP contribution is 2.30. The van der Waals surface area contributed by atoms with Crippen LogP contribution < -0.4 is 11.2 Å². The molecular weight excluding hydrogens is 434 g/mol. The Labute approximate surface area is 187 Å². The van der Waals surface area contributed by atoms with E-state index < -0.39 is 0 Å². The van der Waals surface area contributed by atoms with Gasteiger partial charge in [-0.1, -0.05) is 65.8 Å². The third-order valence-electron chi connectivity index (χ3n) is 4.99. The van der Waals surface area contributed by atoms with Gasteiger partial charge in [0.05, 0.1) is 11.6 Å². The van der Waals surface area contributed by atoms with E-state index in [0.717, 1.165) is 15.7 Å². The van der Waals surface area contributed by atoms with Gasteiger partial charge < -0.3 is 0 Å². The lowest BCUT2D eigenvalue weighted by Gasteiger charge is -2.12. The second-order valence-electron chi connectivity index (χ2n) is 7.02. The highest BCUT2D eigenvalue weighted by molar-refractivity contribution is 7.98. The van der Waals surface area contributed by atoms with Gasteiger partial charge in [0.1, 0.15) is 0 Å². The van der Waals surface area contributed by atoms with Crippen LogP contribution in [0.2, 0.25) is 5.02 Å². The molecule has 0 unspecified atom stereocenters. The van der Waals surface area contributed by atoms with Crippen LogP contribution in [0, 0.1) is 0 Å². The van der Waals surface area contributed by atoms with Crippen molar-refractivity contribution in [2.24, 2.45) is 14.1 Å². The van der Waals surface area contributed by atoms with Crippen molar-refractivity contribution in [3.63, 3.8) is 0 Å². The number of rotatable bonds is 6. The molecule has 2 aromatic heterocycles. The average Bonchev–Trinajstić information content (AvgIpc) is 3.17. The summed E-state index contributed by atoms with van der Waals surface area (Å²) in [5.41, 5.74) is 1.82. The Hall–Kier alpha value is -3.10. The first-order chi connectivity index (χ1) is 15.0. The summed E-state index contributed by atoms with van der Waals surface area (Å²) < 4.78 is 4.56. The molecule has 4 aromatic rings. The summed E-state index contributed by atoms with van der Waals surface area (Å²) in [4.78, 5) is 24.3. The zero-order valence-electron chi connectivity index (χ0n) is 17.0. The predicted molar refractivity (Wildman–Crippen MR) is 122 cm³/mol. The highest BCUT2D eigenvalue weighted by Gasteiger charge is 2.18. The molecule has 7 nitrogen and oxygen atoms in total. The van der Waals surface area contributed by atoms with Crippen molar-refractivity contribution >= 4 is 23.4 Å². The summed E-state index contributed by atoms with van der Waals surface area (Å²) in [6.07, 6.45) is 0. The predicted octanol–water partition coefficient (Wildman–Crippen LogP) is 3.34. The van der Waals surface area contributed by atoms with Gasteiger partial charge in [0.25, 0.3) is 5.56 Å². The fourth-order valence-electron chi connectivity index (χ4n) is 3.20. The van der Waals surface area contributed by atoms with E-state index in [1.54, 1.807) is 7.05 Å². The summed E-state index contributed by atoms with van der Waals surface area (Å²) in [5.74, 6) is 1.06. The van der Waals surface area contributed by atoms with Crippen LogP contribution in [0.1, 0.15) is 11.3 Å². The van der Waals surface area contributed by atoms with Gasteiger partial charge in [-0.15, -0.1) is 10.2 Å². The van der Waals surface area contributed by atoms with E-state index in [1.807, 2.05) is 59.2 Å². The highest BCUT2D eigenvalue weighted by atomic mass is 35.5. The minimum Gasteiger partial charge on any atom is -0.300 e. The fourth-order valence-corrected chi connectivity index (χ4v) is 4.38. The maximum absolute atomic E-state index is 12.2. The van der Waals surface area contributed by atoms with Crippen molar-refractivity contribution in [3.05, 3.63) is 97.8 Å². The van der Waals surface area contributed by atoms with E-state index in [1.165, 1.54) is 29.4 Å². The molecule has 0 atom stereocenters. The normalized spacial score (nSPS) is 11.1. The van der Waals surface area contributed by atoms with Gasteiger partial charge in [0.2, 0.25) is 0 Å². The molecule has 0 saturated heterocycles. The lowest BCUT2D eigenvalue weighted by atomic mass is 10.2. The van der Waals surface area contributed by atoms with Gasteiger partial charge in [-0.05, 0) is 17.7 Å². The van der Waals surface area contributed by atoms with Crippen LogP contribution in [-0.2, 0) is 26.4 Å². The lowest BCUT2D eigenvalue weighted by Crippen LogP contribution is -2.37. The topological polar surface area (TPSA) is 74.7 Å². The van der Waals surface area contributed by atoms with Crippen LogP contribution in [0.3, 0.4) is 0 Å². The second kappa shape index (κ2) is 8.95. The van der Waals surface area contributed by atoms with Crippen molar-refractivity contribution in [3.8, 4) is 11.4 Å². The molecule has 0 fully saturated rings. The van der Waals surface area contributed by atoms with Gasteiger partial charge >= 0.3 is 5.69 Å². The Balaban J connectivity index is 1.72. The number of aromatic nitrogens is 5. The maximum Gasteiger partial charge on any atom is 0.330 e. The molecule has 0 aliphatic rings. The molecule has 4 rings (SSSR count). The van der Waals surface area contributed by atoms with E-state index in [-0.39, 0.29) is 11.2 Å². The molecule has 0 radical (unpaired) electrons. The molecule has 31 heavy (non-hydrogen) atoms. The third kappa shape index (κ3) is 4.35. The fraction of sp³-hybridized carbons (Fsp3) is 0.182. The number of halogens is 1. The van der Waals surface area contributed by atoms with Crippen LogP contribution in [0.5, 0.6) is 0 Å². The van der Waals surface area contributed by atoms with Crippen molar-refractivity contribution in [2.75, 3.05) is 0 Å². The Bertz CT molecular complexity index is 1340. The van der Waals surface area contributed by atoms with Crippen LogP contribution in [0.15, 0.2) is 75.4 Å². The molecule has 0 bridgehead atoms. The molecule has 0 N–H and O–H groups in total. The summed E-state index contributed by atoms with van der Waals surface area (Å²) in [6, 6.07) is 19.0. The molecule has 0 spiro atoms. The summed E-state index contributed by atoms with van der Waals surface area (Å²) in [5, 5.41) is 10.0. The molecule has 0 amide bonds. The standard InChI is InChI=1S/C22H20ClN5O2S/c1-26-16(12-19(29)27(2)22(26)30)14-31-21-25-24-20(17-10-6-7-11-18(17)23)28(21)13-15-8-4-3-5-9-15/h3-12H,13-14H2,1-2H3. The van der Waals surface area contributed by atoms with E-state index in [0.29, 0.717) is 34.0 Å². The van der Waals surface area contributed by atoms with Crippen molar-refractivity contribution in [1.29, 1.82) is 0 Å². The van der Waals surface area contributed by atoms with Crippen LogP contribution in [0.25, 0.3) is 11.4 Å². The SMILES string of the molecule is Cn1c(CSc2nnc(-c3ccccc3Cl)n2Cc2ccccc2)cc(=O)n(C)c1=O. The first kappa shape index (κ1) is 21.1. The minimum atomic E-state index is -0.356. The quantitative estimate of drug-likeness (QED) is 0.418. The second-order valence-corrected chi connectivity index (χ2v) is 8.37. The smallest absolute Gasteiger partial charge is 0.300 e. The lowest BCUT2D eigenvalue weighted by molar-refractivity contribution is 0.664. The number of benzene rings is 2. The van der Waals surface area contributed by atoms with E-state index in [2.05, 4.69) is 10.2 Å². The zero-order chi connectivity index (χ0) is 22.0. The van der Waals surface area contributed by atoms with Gasteiger partial charge in [0.15, 0.2) is 11.0 Å². The molecule has 0 saturated carbocycles. The molecule has 0 aliphatic carbocycles. The number of nitrogens with zero attached hydrogens (tertiary/aromatic N) is 5. The first-order valence-electron chi connectivity index (χ1n) is 9.56. The third-order valence-corrected chi connectivity index (χ3v) is 6.32. The van der Waals surface area contributed by atoms with Crippen LogP contribution >= 0.6 is 23.4 Å². The molecule has 2 heterocycles. The minimum absolute atomic E-state index is 0.332. The Morgan fingerprint density at radius 3 is 2.39 bits per heavy atom. The van der Waals surface area contributed by atoms with Crippen molar-refractivity contribution < 1.29 is 0 Å². The Morgan fingerprint density at radius 2 is 1.65 bits per heavy atom. The molecular formula is C22H20ClN5O2S. The number of hydrogen-bond acceptors (Lipinski definition) is 5. The maximum atomic E-state index is 12.2. The first-order valence-corrected chi connectivity index (χ1v) is 10.9. The number of hydrogen-bond donors (Lipinski definition) is 0. The monoisotopic (exact) mass is 453 g/mol. The van der Waals surface area contributed by atoms with Gasteiger partial charge in [-0.25, -0.2) is 4.79 Å². The van der Waals surface area contributed by atoms with Gasteiger partial charge in [-0.3, -0.25) is 18.5 Å². The average molecular weight is 454 g/mol. The summed E-state index contributed by atoms with van der Waals surface area (Å²) >= 11 is 7.84. The van der Waals surface area contributed by atoms with E-state index >= 15 is 0 Å². The van der Waals surface area contributed by atoms with Crippen LogP contribution in [-0.4, -0.2) is 23.9 Å². The molecule has 2 aromatic carbocycles. The Kier molecular flexibility index (Phi) is 6.11. The van der Waals surface area contributed by atoms with Crippen molar-refractivity contribution in [2.45, 2.75) is 17.5 Å². The number of thioether (sulfide) groups is 1. The largest absolute Gasteiger partial charge is 0.330 e. The summed E-state index contributed by atoms with van der Waals surface area (Å²) in [6.45, 7) is 0.562. The van der Waals surface area contributed by atoms with E-state index in [4.69, 9.17) is 11.6 Å². The summed E-state index contributed by atoms with van der Waals surface area (Å²) in [7, 11) is 3.12. The Morgan fingerprint density at radius 1 is 0.935 bits per heavy atom. The van der Waals surface area contributed by atoms with Crippen LogP contribution in [0.4, 0.5) is 0 Å². The zero-order valence-corrected chi connectivity index (χ0v) is 18.6. The van der Waals surface area contributed by atoms with Crippen molar-refractivity contribution in [1.82, 2.24) is 23.9 Å². The molecule has 0 aliphatic heterocycles. The molecule has 158 valence electrons. The van der Waals surface area contributed by atoms with E-state index in [9.17, 15) is 9.59 Å². The molecule has 9 heteroatoms.